The number of rotatable bonds is 6. The Morgan fingerprint density at radius 3 is 2.92 bits per heavy atom. The second-order valence-corrected chi connectivity index (χ2v) is 6.14. The number of hydrogen-bond donors (Lipinski definition) is 2. The lowest BCUT2D eigenvalue weighted by molar-refractivity contribution is 0.153. The highest BCUT2D eigenvalue weighted by Gasteiger charge is 2.21. The number of nitrogens with zero attached hydrogens (tertiary/aromatic N) is 1. The van der Waals surface area contributed by atoms with Gasteiger partial charge in [0.25, 0.3) is 0 Å². The minimum absolute atomic E-state index is 0. The van der Waals surface area contributed by atoms with Gasteiger partial charge in [-0.1, -0.05) is 29.8 Å². The molecule has 2 aliphatic rings. The molecule has 25 heavy (non-hydrogen) atoms. The van der Waals surface area contributed by atoms with Crippen molar-refractivity contribution in [1.29, 1.82) is 0 Å². The lowest BCUT2D eigenvalue weighted by Crippen LogP contribution is -2.38. The fourth-order valence-electron chi connectivity index (χ4n) is 3.02. The average Bonchev–Trinajstić information content (AvgIpc) is 3.03. The molecule has 0 aliphatic carbocycles. The van der Waals surface area contributed by atoms with Crippen molar-refractivity contribution in [2.24, 2.45) is 4.99 Å². The summed E-state index contributed by atoms with van der Waals surface area (Å²) >= 11 is 0. The molecule has 2 aliphatic heterocycles. The summed E-state index contributed by atoms with van der Waals surface area (Å²) in [7, 11) is 0. The average molecular weight is 457 g/mol. The number of ether oxygens (including phenoxy) is 2. The van der Waals surface area contributed by atoms with Crippen molar-refractivity contribution in [3.05, 3.63) is 41.5 Å². The predicted octanol–water partition coefficient (Wildman–Crippen LogP) is 2.90. The summed E-state index contributed by atoms with van der Waals surface area (Å²) in [6, 6.07) is 8.24. The first-order chi connectivity index (χ1) is 11.8. The maximum Gasteiger partial charge on any atom is 0.191 e. The molecule has 0 saturated heterocycles. The van der Waals surface area contributed by atoms with E-state index in [1.165, 1.54) is 11.1 Å². The number of nitrogens with one attached hydrogen (secondary N) is 2. The molecule has 1 aromatic rings. The summed E-state index contributed by atoms with van der Waals surface area (Å²) in [5.74, 6) is 1.87. The van der Waals surface area contributed by atoms with Crippen LogP contribution in [0.25, 0.3) is 0 Å². The van der Waals surface area contributed by atoms with E-state index in [4.69, 9.17) is 9.47 Å². The largest absolute Gasteiger partial charge is 0.488 e. The minimum Gasteiger partial charge on any atom is -0.488 e. The van der Waals surface area contributed by atoms with Gasteiger partial charge in [0, 0.05) is 19.5 Å². The SMILES string of the molecule is CCNC(=NCC1Cc2ccccc2O1)NCCC1=CCOCC1.I. The Labute approximate surface area is 167 Å². The molecule has 6 heteroatoms. The van der Waals surface area contributed by atoms with Crippen molar-refractivity contribution < 1.29 is 9.47 Å². The Bertz CT molecular complexity index is 579. The highest BCUT2D eigenvalue weighted by Crippen LogP contribution is 2.28. The molecule has 0 spiro atoms. The van der Waals surface area contributed by atoms with Crippen LogP contribution in [-0.4, -0.2) is 44.9 Å². The number of para-hydroxylation sites is 1. The van der Waals surface area contributed by atoms with E-state index in [-0.39, 0.29) is 30.1 Å². The number of halogens is 1. The van der Waals surface area contributed by atoms with Gasteiger partial charge in [-0.25, -0.2) is 4.99 Å². The molecule has 138 valence electrons. The van der Waals surface area contributed by atoms with E-state index in [9.17, 15) is 0 Å². The zero-order valence-corrected chi connectivity index (χ0v) is 17.1. The van der Waals surface area contributed by atoms with Gasteiger partial charge in [-0.2, -0.15) is 0 Å². The van der Waals surface area contributed by atoms with Crippen molar-refractivity contribution in [3.8, 4) is 5.75 Å². The molecule has 0 bridgehead atoms. The van der Waals surface area contributed by atoms with Crippen LogP contribution in [0.2, 0.25) is 0 Å². The molecule has 0 amide bonds. The van der Waals surface area contributed by atoms with Crippen molar-refractivity contribution >= 4 is 29.9 Å². The van der Waals surface area contributed by atoms with Gasteiger partial charge in [0.1, 0.15) is 11.9 Å². The molecular weight excluding hydrogens is 429 g/mol. The topological polar surface area (TPSA) is 54.9 Å². The molecule has 0 fully saturated rings. The van der Waals surface area contributed by atoms with Gasteiger partial charge >= 0.3 is 0 Å². The number of aliphatic imine (C=N–C) groups is 1. The zero-order chi connectivity index (χ0) is 16.6. The normalized spacial score (nSPS) is 19.3. The Morgan fingerprint density at radius 1 is 1.28 bits per heavy atom. The predicted molar refractivity (Wildman–Crippen MR) is 112 cm³/mol. The Morgan fingerprint density at radius 2 is 2.16 bits per heavy atom. The van der Waals surface area contributed by atoms with E-state index in [1.807, 2.05) is 12.1 Å². The number of fused-ring (bicyclic) bond motifs is 1. The monoisotopic (exact) mass is 457 g/mol. The first kappa shape index (κ1) is 20.0. The van der Waals surface area contributed by atoms with Gasteiger partial charge in [0.05, 0.1) is 19.8 Å². The van der Waals surface area contributed by atoms with Crippen LogP contribution in [0.1, 0.15) is 25.3 Å². The molecule has 2 N–H and O–H groups in total. The summed E-state index contributed by atoms with van der Waals surface area (Å²) in [6.45, 7) is 6.10. The Kier molecular flexibility index (Phi) is 8.54. The number of guanidine groups is 1. The third-order valence-corrected chi connectivity index (χ3v) is 4.31. The van der Waals surface area contributed by atoms with E-state index in [2.05, 4.69) is 40.8 Å². The summed E-state index contributed by atoms with van der Waals surface area (Å²) < 4.78 is 11.3. The Hall–Kier alpha value is -1.28. The summed E-state index contributed by atoms with van der Waals surface area (Å²) in [4.78, 5) is 4.69. The molecule has 1 unspecified atom stereocenters. The van der Waals surface area contributed by atoms with Gasteiger partial charge in [0.2, 0.25) is 0 Å². The van der Waals surface area contributed by atoms with Crippen LogP contribution in [0.15, 0.2) is 40.9 Å². The maximum atomic E-state index is 5.95. The lowest BCUT2D eigenvalue weighted by atomic mass is 10.1. The molecule has 5 nitrogen and oxygen atoms in total. The van der Waals surface area contributed by atoms with Crippen molar-refractivity contribution in [1.82, 2.24) is 10.6 Å². The maximum absolute atomic E-state index is 5.95. The smallest absolute Gasteiger partial charge is 0.191 e. The summed E-state index contributed by atoms with van der Waals surface area (Å²) in [5, 5.41) is 6.72. The molecule has 3 rings (SSSR count). The molecule has 0 saturated carbocycles. The van der Waals surface area contributed by atoms with Crippen LogP contribution in [0.3, 0.4) is 0 Å². The fraction of sp³-hybridized carbons (Fsp3) is 0.526. The van der Waals surface area contributed by atoms with E-state index < -0.39 is 0 Å². The number of hydrogen-bond acceptors (Lipinski definition) is 3. The molecule has 1 aromatic carbocycles. The number of benzene rings is 1. The minimum atomic E-state index is 0. The van der Waals surface area contributed by atoms with Crippen LogP contribution in [0.5, 0.6) is 5.75 Å². The van der Waals surface area contributed by atoms with E-state index in [1.54, 1.807) is 0 Å². The van der Waals surface area contributed by atoms with Crippen LogP contribution in [0.4, 0.5) is 0 Å². The van der Waals surface area contributed by atoms with Gasteiger partial charge in [-0.3, -0.25) is 0 Å². The Balaban J connectivity index is 0.00000225. The first-order valence-electron chi connectivity index (χ1n) is 8.87. The molecule has 1 atom stereocenters. The molecule has 0 aromatic heterocycles. The van der Waals surface area contributed by atoms with E-state index in [0.29, 0.717) is 6.54 Å². The molecule has 0 radical (unpaired) electrons. The quantitative estimate of drug-likeness (QED) is 0.299. The second-order valence-electron chi connectivity index (χ2n) is 6.14. The van der Waals surface area contributed by atoms with Gasteiger partial charge < -0.3 is 20.1 Å². The third kappa shape index (κ3) is 6.18. The van der Waals surface area contributed by atoms with Crippen LogP contribution < -0.4 is 15.4 Å². The second kappa shape index (κ2) is 10.7. The van der Waals surface area contributed by atoms with Crippen LogP contribution in [0, 0.1) is 0 Å². The molecule has 2 heterocycles. The lowest BCUT2D eigenvalue weighted by Gasteiger charge is -2.16. The van der Waals surface area contributed by atoms with Crippen molar-refractivity contribution in [3.63, 3.8) is 0 Å². The highest BCUT2D eigenvalue weighted by atomic mass is 127. The van der Waals surface area contributed by atoms with Crippen molar-refractivity contribution in [2.45, 2.75) is 32.3 Å². The first-order valence-corrected chi connectivity index (χ1v) is 8.87. The van der Waals surface area contributed by atoms with Gasteiger partial charge in [-0.15, -0.1) is 24.0 Å². The third-order valence-electron chi connectivity index (χ3n) is 4.31. The fourth-order valence-corrected chi connectivity index (χ4v) is 3.02. The van der Waals surface area contributed by atoms with Crippen LogP contribution >= 0.6 is 24.0 Å². The molecular formula is C19H28IN3O2. The highest BCUT2D eigenvalue weighted by molar-refractivity contribution is 14.0. The zero-order valence-electron chi connectivity index (χ0n) is 14.8. The summed E-state index contributed by atoms with van der Waals surface area (Å²) in [5.41, 5.74) is 2.75. The summed E-state index contributed by atoms with van der Waals surface area (Å²) in [6.07, 6.45) is 5.35. The van der Waals surface area contributed by atoms with Crippen LogP contribution in [-0.2, 0) is 11.2 Å². The van der Waals surface area contributed by atoms with E-state index >= 15 is 0 Å². The standard InChI is InChI=1S/C19H27N3O2.HI/c1-2-20-19(21-10-7-15-8-11-23-12-9-15)22-14-17-13-16-5-3-4-6-18(16)24-17;/h3-6,8,17H,2,7,9-14H2,1H3,(H2,20,21,22);1H. The van der Waals surface area contributed by atoms with Crippen molar-refractivity contribution in [2.75, 3.05) is 32.8 Å². The van der Waals surface area contributed by atoms with Gasteiger partial charge in [-0.05, 0) is 31.4 Å². The van der Waals surface area contributed by atoms with E-state index in [0.717, 1.165) is 57.3 Å². The van der Waals surface area contributed by atoms with Gasteiger partial charge in [0.15, 0.2) is 5.96 Å².